The zero-order valence-corrected chi connectivity index (χ0v) is 34.0. The van der Waals surface area contributed by atoms with Crippen molar-refractivity contribution in [2.75, 3.05) is 0 Å². The highest BCUT2D eigenvalue weighted by Crippen LogP contribution is 2.43. The van der Waals surface area contributed by atoms with Crippen molar-refractivity contribution in [2.45, 2.75) is 0 Å². The first-order valence-corrected chi connectivity index (χ1v) is 21.3. The number of fused-ring (bicyclic) bond motifs is 10. The molecular formula is C57H36N6. The molecule has 0 unspecified atom stereocenters. The Bertz CT molecular complexity index is 3880. The number of aromatic nitrogens is 6. The molecule has 294 valence electrons. The van der Waals surface area contributed by atoms with Gasteiger partial charge in [-0.3, -0.25) is 4.57 Å². The highest BCUT2D eigenvalue weighted by Gasteiger charge is 2.24. The van der Waals surface area contributed by atoms with E-state index in [9.17, 15) is 0 Å². The third-order valence-corrected chi connectivity index (χ3v) is 12.5. The number of rotatable bonds is 6. The van der Waals surface area contributed by atoms with E-state index in [1.807, 2.05) is 18.2 Å². The summed E-state index contributed by atoms with van der Waals surface area (Å²) in [7, 11) is 0. The molecule has 0 aliphatic rings. The highest BCUT2D eigenvalue weighted by molar-refractivity contribution is 6.29. The molecule has 6 nitrogen and oxygen atoms in total. The standard InChI is InChI=1S/C57H36N6/c1-4-17-37(18-5-1)38-31-33-41(34-32-38)61-48-29-14-11-24-44(48)52-50(61)35-36-51-53(52)45-25-12-15-30-49(45)63(51)57-59-55(39-19-6-2-7-20-39)58-56(60-57)46-27-16-26-43-42-23-10-13-28-47(42)62(54(43)46)40-21-8-3-9-22-40/h1-36H. The molecule has 63 heavy (non-hydrogen) atoms. The van der Waals surface area contributed by atoms with Crippen LogP contribution < -0.4 is 0 Å². The molecule has 0 aliphatic heterocycles. The van der Waals surface area contributed by atoms with Crippen LogP contribution in [-0.4, -0.2) is 28.7 Å². The Labute approximate surface area is 362 Å². The van der Waals surface area contributed by atoms with E-state index in [1.54, 1.807) is 0 Å². The summed E-state index contributed by atoms with van der Waals surface area (Å²) < 4.78 is 6.97. The van der Waals surface area contributed by atoms with Gasteiger partial charge in [0.05, 0.1) is 33.1 Å². The first kappa shape index (κ1) is 35.2. The van der Waals surface area contributed by atoms with Gasteiger partial charge in [-0.15, -0.1) is 0 Å². The number of hydrogen-bond donors (Lipinski definition) is 0. The quantitative estimate of drug-likeness (QED) is 0.168. The van der Waals surface area contributed by atoms with Crippen LogP contribution in [-0.2, 0) is 0 Å². The molecule has 0 fully saturated rings. The Morgan fingerprint density at radius 1 is 0.270 bits per heavy atom. The van der Waals surface area contributed by atoms with Gasteiger partial charge >= 0.3 is 0 Å². The molecule has 0 spiro atoms. The molecule has 4 heterocycles. The van der Waals surface area contributed by atoms with Crippen molar-refractivity contribution < 1.29 is 0 Å². The lowest BCUT2D eigenvalue weighted by Gasteiger charge is -2.13. The average molecular weight is 805 g/mol. The summed E-state index contributed by atoms with van der Waals surface area (Å²) in [6.45, 7) is 0. The fourth-order valence-corrected chi connectivity index (χ4v) is 9.79. The lowest BCUT2D eigenvalue weighted by atomic mass is 10.1. The zero-order valence-electron chi connectivity index (χ0n) is 34.0. The number of para-hydroxylation sites is 5. The summed E-state index contributed by atoms with van der Waals surface area (Å²) in [5.41, 5.74) is 12.9. The van der Waals surface area contributed by atoms with Crippen molar-refractivity contribution >= 4 is 65.4 Å². The maximum atomic E-state index is 5.48. The lowest BCUT2D eigenvalue weighted by molar-refractivity contribution is 0.953. The van der Waals surface area contributed by atoms with Gasteiger partial charge in [0.1, 0.15) is 0 Å². The molecule has 0 N–H and O–H groups in total. The van der Waals surface area contributed by atoms with Gasteiger partial charge in [0.2, 0.25) is 5.95 Å². The van der Waals surface area contributed by atoms with Gasteiger partial charge in [0.25, 0.3) is 0 Å². The Morgan fingerprint density at radius 3 is 1.41 bits per heavy atom. The van der Waals surface area contributed by atoms with E-state index in [-0.39, 0.29) is 0 Å². The third kappa shape index (κ3) is 5.41. The van der Waals surface area contributed by atoms with Gasteiger partial charge < -0.3 is 9.13 Å². The van der Waals surface area contributed by atoms with Crippen molar-refractivity contribution in [1.29, 1.82) is 0 Å². The van der Waals surface area contributed by atoms with Crippen LogP contribution in [0.25, 0.3) is 117 Å². The molecule has 13 aromatic rings. The number of hydrogen-bond acceptors (Lipinski definition) is 3. The van der Waals surface area contributed by atoms with Gasteiger partial charge in [-0.05, 0) is 71.8 Å². The minimum atomic E-state index is 0.559. The summed E-state index contributed by atoms with van der Waals surface area (Å²) in [6, 6.07) is 77.2. The molecule has 4 aromatic heterocycles. The summed E-state index contributed by atoms with van der Waals surface area (Å²) in [5, 5.41) is 6.99. The van der Waals surface area contributed by atoms with Gasteiger partial charge in [-0.1, -0.05) is 158 Å². The van der Waals surface area contributed by atoms with Crippen LogP contribution in [0, 0.1) is 0 Å². The molecule has 0 saturated carbocycles. The minimum Gasteiger partial charge on any atom is -0.309 e. The molecule has 0 atom stereocenters. The van der Waals surface area contributed by atoms with E-state index >= 15 is 0 Å². The fraction of sp³-hybridized carbons (Fsp3) is 0. The minimum absolute atomic E-state index is 0.559. The Hall–Kier alpha value is -8.61. The highest BCUT2D eigenvalue weighted by atomic mass is 15.2. The van der Waals surface area contributed by atoms with Crippen molar-refractivity contribution in [3.8, 4) is 51.2 Å². The first-order valence-electron chi connectivity index (χ1n) is 21.3. The molecule has 0 bridgehead atoms. The van der Waals surface area contributed by atoms with E-state index in [2.05, 4.69) is 214 Å². The molecule has 0 radical (unpaired) electrons. The maximum absolute atomic E-state index is 5.48. The summed E-state index contributed by atoms with van der Waals surface area (Å²) in [5.74, 6) is 1.77. The lowest BCUT2D eigenvalue weighted by Crippen LogP contribution is -2.07. The van der Waals surface area contributed by atoms with E-state index in [1.165, 1.54) is 27.3 Å². The maximum Gasteiger partial charge on any atom is 0.238 e. The molecule has 9 aromatic carbocycles. The van der Waals surface area contributed by atoms with Gasteiger partial charge in [0.15, 0.2) is 11.6 Å². The van der Waals surface area contributed by atoms with Crippen molar-refractivity contribution in [3.05, 3.63) is 218 Å². The smallest absolute Gasteiger partial charge is 0.238 e. The van der Waals surface area contributed by atoms with Crippen molar-refractivity contribution in [1.82, 2.24) is 28.7 Å². The molecule has 0 aliphatic carbocycles. The van der Waals surface area contributed by atoms with Crippen molar-refractivity contribution in [2.24, 2.45) is 0 Å². The van der Waals surface area contributed by atoms with Crippen LogP contribution in [0.1, 0.15) is 0 Å². The summed E-state index contributed by atoms with van der Waals surface area (Å²) in [6.07, 6.45) is 0. The third-order valence-electron chi connectivity index (χ3n) is 12.5. The zero-order chi connectivity index (χ0) is 41.4. The van der Waals surface area contributed by atoms with E-state index < -0.39 is 0 Å². The first-order chi connectivity index (χ1) is 31.3. The summed E-state index contributed by atoms with van der Waals surface area (Å²) in [4.78, 5) is 16.1. The van der Waals surface area contributed by atoms with Gasteiger partial charge in [0, 0.05) is 54.8 Å². The van der Waals surface area contributed by atoms with Crippen LogP contribution >= 0.6 is 0 Å². The van der Waals surface area contributed by atoms with Crippen LogP contribution in [0.4, 0.5) is 0 Å². The number of nitrogens with zero attached hydrogens (tertiary/aromatic N) is 6. The second kappa shape index (κ2) is 14.0. The van der Waals surface area contributed by atoms with Gasteiger partial charge in [-0.2, -0.15) is 9.97 Å². The molecular weight excluding hydrogens is 769 g/mol. The van der Waals surface area contributed by atoms with Crippen LogP contribution in [0.15, 0.2) is 218 Å². The second-order valence-corrected chi connectivity index (χ2v) is 16.0. The molecule has 0 saturated heterocycles. The topological polar surface area (TPSA) is 53.5 Å². The number of benzene rings is 9. The Kier molecular flexibility index (Phi) is 7.80. The largest absolute Gasteiger partial charge is 0.309 e. The predicted octanol–water partition coefficient (Wildman–Crippen LogP) is 14.2. The molecule has 6 heteroatoms. The van der Waals surface area contributed by atoms with Crippen molar-refractivity contribution in [3.63, 3.8) is 0 Å². The Morgan fingerprint density at radius 2 is 0.746 bits per heavy atom. The summed E-state index contributed by atoms with van der Waals surface area (Å²) >= 11 is 0. The molecule has 0 amide bonds. The predicted molar refractivity (Wildman–Crippen MR) is 259 cm³/mol. The van der Waals surface area contributed by atoms with Crippen LogP contribution in [0.3, 0.4) is 0 Å². The molecule has 13 rings (SSSR count). The van der Waals surface area contributed by atoms with Crippen LogP contribution in [0.2, 0.25) is 0 Å². The van der Waals surface area contributed by atoms with E-state index in [0.717, 1.165) is 71.8 Å². The monoisotopic (exact) mass is 804 g/mol. The fourth-order valence-electron chi connectivity index (χ4n) is 9.79. The second-order valence-electron chi connectivity index (χ2n) is 16.0. The van der Waals surface area contributed by atoms with E-state index in [0.29, 0.717) is 17.6 Å². The SMILES string of the molecule is c1ccc(-c2ccc(-n3c4ccccc4c4c5c6ccccc6n(-c6nc(-c7ccccc7)nc(-c7cccc8c9ccccc9n(-c9ccccc9)c78)n6)c5ccc43)cc2)cc1. The van der Waals surface area contributed by atoms with E-state index in [4.69, 9.17) is 15.0 Å². The van der Waals surface area contributed by atoms with Crippen LogP contribution in [0.5, 0.6) is 0 Å². The Balaban J connectivity index is 1.09. The normalized spacial score (nSPS) is 11.8. The van der Waals surface area contributed by atoms with Gasteiger partial charge in [-0.25, -0.2) is 4.98 Å². The average Bonchev–Trinajstić information content (AvgIpc) is 4.00.